The number of nitrogens with two attached hydrogens (primary N) is 1. The highest BCUT2D eigenvalue weighted by Gasteiger charge is 2.26. The van der Waals surface area contributed by atoms with E-state index in [1.165, 1.54) is 0 Å². The lowest BCUT2D eigenvalue weighted by atomic mass is 10.1. The van der Waals surface area contributed by atoms with Gasteiger partial charge < -0.3 is 20.5 Å². The van der Waals surface area contributed by atoms with Crippen LogP contribution in [0.5, 0.6) is 0 Å². The van der Waals surface area contributed by atoms with Crippen molar-refractivity contribution in [3.63, 3.8) is 0 Å². The first-order chi connectivity index (χ1) is 10.0. The molecule has 1 fully saturated rings. The number of rotatable bonds is 5. The number of carbonyl (C=O) groups excluding carboxylic acids is 1. The molecule has 0 aliphatic heterocycles. The molecule has 2 unspecified atom stereocenters. The van der Waals surface area contributed by atoms with Crippen molar-refractivity contribution in [1.82, 2.24) is 0 Å². The Hall–Kier alpha value is -1.46. The molecular weight excluding hydrogens is 292 g/mol. The van der Waals surface area contributed by atoms with Gasteiger partial charge in [-0.2, -0.15) is 0 Å². The van der Waals surface area contributed by atoms with E-state index in [9.17, 15) is 4.79 Å². The van der Waals surface area contributed by atoms with E-state index >= 15 is 0 Å². The zero-order chi connectivity index (χ0) is 15.4. The van der Waals surface area contributed by atoms with E-state index in [0.717, 1.165) is 19.3 Å². The van der Waals surface area contributed by atoms with Crippen LogP contribution in [0.2, 0.25) is 5.02 Å². The molecule has 1 saturated carbocycles. The third-order valence-electron chi connectivity index (χ3n) is 3.67. The van der Waals surface area contributed by atoms with Gasteiger partial charge in [-0.15, -0.1) is 0 Å². The van der Waals surface area contributed by atoms with Crippen LogP contribution in [0.15, 0.2) is 12.1 Å². The molecule has 6 heteroatoms. The van der Waals surface area contributed by atoms with Crippen LogP contribution < -0.4 is 11.1 Å². The van der Waals surface area contributed by atoms with Crippen molar-refractivity contribution in [3.8, 4) is 0 Å². The fraction of sp³-hybridized carbons (Fsp3) is 0.533. The van der Waals surface area contributed by atoms with Crippen LogP contribution >= 0.6 is 11.6 Å². The molecule has 116 valence electrons. The van der Waals surface area contributed by atoms with Crippen LogP contribution in [0, 0.1) is 0 Å². The second-order valence-corrected chi connectivity index (χ2v) is 5.56. The van der Waals surface area contributed by atoms with Crippen LogP contribution in [-0.2, 0) is 9.47 Å². The average molecular weight is 313 g/mol. The summed E-state index contributed by atoms with van der Waals surface area (Å²) in [6.07, 6.45) is 3.11. The molecule has 0 radical (unpaired) electrons. The van der Waals surface area contributed by atoms with Gasteiger partial charge in [0.1, 0.15) is 0 Å². The fourth-order valence-electron chi connectivity index (χ4n) is 2.63. The maximum Gasteiger partial charge on any atom is 0.340 e. The second-order valence-electron chi connectivity index (χ2n) is 5.16. The van der Waals surface area contributed by atoms with Crippen LogP contribution in [-0.4, -0.2) is 31.8 Å². The molecule has 1 aromatic carbocycles. The van der Waals surface area contributed by atoms with E-state index in [0.29, 0.717) is 28.6 Å². The van der Waals surface area contributed by atoms with Crippen molar-refractivity contribution >= 4 is 28.9 Å². The van der Waals surface area contributed by atoms with Crippen LogP contribution in [0.4, 0.5) is 11.4 Å². The zero-order valence-electron chi connectivity index (χ0n) is 12.3. The van der Waals surface area contributed by atoms with E-state index in [2.05, 4.69) is 5.32 Å². The van der Waals surface area contributed by atoms with Gasteiger partial charge in [0.25, 0.3) is 0 Å². The number of halogens is 1. The molecule has 2 atom stereocenters. The Labute approximate surface area is 129 Å². The molecule has 3 N–H and O–H groups in total. The van der Waals surface area contributed by atoms with E-state index in [1.807, 2.05) is 0 Å². The lowest BCUT2D eigenvalue weighted by Gasteiger charge is -2.19. The largest absolute Gasteiger partial charge is 0.462 e. The highest BCUT2D eigenvalue weighted by Crippen LogP contribution is 2.33. The summed E-state index contributed by atoms with van der Waals surface area (Å²) in [7, 11) is 1.72. The van der Waals surface area contributed by atoms with Crippen LogP contribution in [0.25, 0.3) is 0 Å². The van der Waals surface area contributed by atoms with E-state index < -0.39 is 5.97 Å². The lowest BCUT2D eigenvalue weighted by molar-refractivity contribution is 0.0527. The average Bonchev–Trinajstić information content (AvgIpc) is 2.89. The van der Waals surface area contributed by atoms with Gasteiger partial charge in [0.15, 0.2) is 0 Å². The maximum absolute atomic E-state index is 12.1. The van der Waals surface area contributed by atoms with Gasteiger partial charge in [-0.1, -0.05) is 11.6 Å². The Kier molecular flexibility index (Phi) is 5.31. The minimum atomic E-state index is -0.421. The van der Waals surface area contributed by atoms with Crippen LogP contribution in [0.3, 0.4) is 0 Å². The first-order valence-electron chi connectivity index (χ1n) is 7.10. The number of hydrogen-bond donors (Lipinski definition) is 2. The minimum absolute atomic E-state index is 0.226. The highest BCUT2D eigenvalue weighted by molar-refractivity contribution is 6.34. The smallest absolute Gasteiger partial charge is 0.340 e. The molecule has 0 aromatic heterocycles. The molecule has 1 aliphatic carbocycles. The SMILES string of the molecule is CCOC(=O)c1cc(N)cc(Cl)c1NC1CCC(OC)C1. The topological polar surface area (TPSA) is 73.6 Å². The predicted octanol–water partition coefficient (Wildman–Crippen LogP) is 3.08. The highest BCUT2D eigenvalue weighted by atomic mass is 35.5. The van der Waals surface area contributed by atoms with Crippen molar-refractivity contribution in [3.05, 3.63) is 22.7 Å². The van der Waals surface area contributed by atoms with Crippen molar-refractivity contribution in [2.24, 2.45) is 0 Å². The standard InChI is InChI=1S/C15H21ClN2O3/c1-3-21-15(19)12-6-9(17)7-13(16)14(12)18-10-4-5-11(8-10)20-2/h6-7,10-11,18H,3-5,8,17H2,1-2H3. The number of hydrogen-bond acceptors (Lipinski definition) is 5. The Morgan fingerprint density at radius 2 is 2.24 bits per heavy atom. The van der Waals surface area contributed by atoms with Gasteiger partial charge >= 0.3 is 5.97 Å². The fourth-order valence-corrected chi connectivity index (χ4v) is 2.92. The molecule has 1 aromatic rings. The van der Waals surface area contributed by atoms with Crippen LogP contribution in [0.1, 0.15) is 36.5 Å². The van der Waals surface area contributed by atoms with Gasteiger partial charge in [-0.05, 0) is 38.3 Å². The number of carbonyl (C=O) groups is 1. The number of nitrogens with one attached hydrogen (secondary N) is 1. The summed E-state index contributed by atoms with van der Waals surface area (Å²) in [6, 6.07) is 3.45. The van der Waals surface area contributed by atoms with Gasteiger partial charge in [0, 0.05) is 18.8 Å². The first kappa shape index (κ1) is 15.9. The quantitative estimate of drug-likeness (QED) is 0.645. The van der Waals surface area contributed by atoms with E-state index in [4.69, 9.17) is 26.8 Å². The zero-order valence-corrected chi connectivity index (χ0v) is 13.1. The summed E-state index contributed by atoms with van der Waals surface area (Å²) in [6.45, 7) is 2.07. The molecule has 2 rings (SSSR count). The predicted molar refractivity (Wildman–Crippen MR) is 83.9 cm³/mol. The number of ether oxygens (including phenoxy) is 2. The summed E-state index contributed by atoms with van der Waals surface area (Å²) in [5, 5.41) is 3.77. The normalized spacial score (nSPS) is 21.3. The molecule has 0 amide bonds. The van der Waals surface area contributed by atoms with E-state index in [1.54, 1.807) is 26.2 Å². The van der Waals surface area contributed by atoms with Gasteiger partial charge in [-0.25, -0.2) is 4.79 Å². The summed E-state index contributed by atoms with van der Waals surface area (Å²) < 4.78 is 10.4. The molecule has 0 spiro atoms. The second kappa shape index (κ2) is 7.00. The Bertz CT molecular complexity index is 522. The van der Waals surface area contributed by atoms with E-state index in [-0.39, 0.29) is 12.1 Å². The van der Waals surface area contributed by atoms with Crippen molar-refractivity contribution in [2.75, 3.05) is 24.8 Å². The number of methoxy groups -OCH3 is 1. The number of nitrogen functional groups attached to an aromatic ring is 1. The Morgan fingerprint density at radius 1 is 1.48 bits per heavy atom. The van der Waals surface area contributed by atoms with Crippen molar-refractivity contribution in [2.45, 2.75) is 38.3 Å². The summed E-state index contributed by atoms with van der Waals surface area (Å²) in [5.74, 6) is -0.421. The van der Waals surface area contributed by atoms with Gasteiger partial charge in [0.2, 0.25) is 0 Å². The molecule has 5 nitrogen and oxygen atoms in total. The maximum atomic E-state index is 12.1. The van der Waals surface area contributed by atoms with Crippen molar-refractivity contribution in [1.29, 1.82) is 0 Å². The molecule has 0 saturated heterocycles. The van der Waals surface area contributed by atoms with Crippen molar-refractivity contribution < 1.29 is 14.3 Å². The van der Waals surface area contributed by atoms with Gasteiger partial charge in [0.05, 0.1) is 29.0 Å². The lowest BCUT2D eigenvalue weighted by Crippen LogP contribution is -2.20. The monoisotopic (exact) mass is 312 g/mol. The third-order valence-corrected chi connectivity index (χ3v) is 3.97. The Balaban J connectivity index is 2.23. The minimum Gasteiger partial charge on any atom is -0.462 e. The third kappa shape index (κ3) is 3.80. The molecule has 0 heterocycles. The molecule has 0 bridgehead atoms. The molecule has 1 aliphatic rings. The Morgan fingerprint density at radius 3 is 2.86 bits per heavy atom. The number of anilines is 2. The van der Waals surface area contributed by atoms with Gasteiger partial charge in [-0.3, -0.25) is 0 Å². The summed E-state index contributed by atoms with van der Waals surface area (Å²) >= 11 is 6.25. The molecular formula is C15H21ClN2O3. The summed E-state index contributed by atoms with van der Waals surface area (Å²) in [5.41, 5.74) is 7.18. The molecule has 21 heavy (non-hydrogen) atoms. The first-order valence-corrected chi connectivity index (χ1v) is 7.48. The number of benzene rings is 1. The number of esters is 1. The summed E-state index contributed by atoms with van der Waals surface area (Å²) in [4.78, 5) is 12.1.